The minimum Gasteiger partial charge on any atom is -0.489 e. The molecule has 172 valence electrons. The van der Waals surface area contributed by atoms with E-state index < -0.39 is 12.0 Å². The second-order valence-electron chi connectivity index (χ2n) is 7.63. The molecule has 1 saturated heterocycles. The van der Waals surface area contributed by atoms with Crippen LogP contribution >= 0.6 is 11.8 Å². The van der Waals surface area contributed by atoms with Crippen LogP contribution < -0.4 is 4.74 Å². The van der Waals surface area contributed by atoms with Crippen LogP contribution in [0.1, 0.15) is 30.5 Å². The van der Waals surface area contributed by atoms with Crippen molar-refractivity contribution in [2.24, 2.45) is 4.99 Å². The molecule has 2 aliphatic rings. The highest BCUT2D eigenvalue weighted by atomic mass is 32.2. The molecule has 0 unspecified atom stereocenters. The first-order valence-corrected chi connectivity index (χ1v) is 11.7. The van der Waals surface area contributed by atoms with Gasteiger partial charge in [0.05, 0.1) is 23.9 Å². The second-order valence-corrected chi connectivity index (χ2v) is 8.69. The van der Waals surface area contributed by atoms with E-state index in [2.05, 4.69) is 4.99 Å². The highest BCUT2D eigenvalue weighted by Gasteiger charge is 2.41. The van der Waals surface area contributed by atoms with Crippen molar-refractivity contribution < 1.29 is 23.8 Å². The Hall–Kier alpha value is -3.10. The molecule has 1 atom stereocenters. The molecule has 0 aromatic heterocycles. The zero-order chi connectivity index (χ0) is 23.2. The predicted molar refractivity (Wildman–Crippen MR) is 127 cm³/mol. The number of amides is 1. The lowest BCUT2D eigenvalue weighted by Gasteiger charge is -2.38. The van der Waals surface area contributed by atoms with Gasteiger partial charge in [0.1, 0.15) is 19.0 Å². The van der Waals surface area contributed by atoms with E-state index in [-0.39, 0.29) is 12.5 Å². The summed E-state index contributed by atoms with van der Waals surface area (Å²) >= 11 is 1.52. The quantitative estimate of drug-likeness (QED) is 0.431. The van der Waals surface area contributed by atoms with Gasteiger partial charge >= 0.3 is 5.97 Å². The highest BCUT2D eigenvalue weighted by molar-refractivity contribution is 8.14. The Bertz CT molecular complexity index is 1070. The Kier molecular flexibility index (Phi) is 7.47. The fraction of sp³-hybridized carbons (Fsp3) is 0.320. The minimum absolute atomic E-state index is 0.0587. The summed E-state index contributed by atoms with van der Waals surface area (Å²) in [6.45, 7) is 2.66. The van der Waals surface area contributed by atoms with E-state index in [1.807, 2.05) is 54.6 Å². The number of rotatable bonds is 8. The molecule has 4 rings (SSSR count). The van der Waals surface area contributed by atoms with E-state index in [0.29, 0.717) is 47.6 Å². The lowest BCUT2D eigenvalue weighted by Crippen LogP contribution is -2.45. The molecular weight excluding hydrogens is 440 g/mol. The molecule has 2 aromatic carbocycles. The van der Waals surface area contributed by atoms with Crippen LogP contribution in [0.25, 0.3) is 0 Å². The van der Waals surface area contributed by atoms with Crippen LogP contribution in [0.4, 0.5) is 0 Å². The Morgan fingerprint density at radius 3 is 2.61 bits per heavy atom. The summed E-state index contributed by atoms with van der Waals surface area (Å²) in [5.74, 6) is 0.826. The summed E-state index contributed by atoms with van der Waals surface area (Å²) in [6, 6.07) is 16.8. The second kappa shape index (κ2) is 10.7. The average molecular weight is 467 g/mol. The molecule has 0 bridgehead atoms. The summed E-state index contributed by atoms with van der Waals surface area (Å²) in [4.78, 5) is 32.1. The first-order valence-electron chi connectivity index (χ1n) is 10.8. The van der Waals surface area contributed by atoms with Gasteiger partial charge in [-0.05, 0) is 30.2 Å². The number of aliphatic imine (C=N–C) groups is 1. The standard InChI is InChI=1S/C25H26N2O5S/c1-17-22(24(29)31-14-13-30-2)23(27-21(28)12-15-33-25(27)26-17)19-8-10-20(11-9-19)32-16-18-6-4-3-5-7-18/h3-11,23H,12-16H2,1-2H3/t23-/m1/s1. The minimum atomic E-state index is -0.601. The fourth-order valence-electron chi connectivity index (χ4n) is 3.76. The van der Waals surface area contributed by atoms with Crippen LogP contribution in [0.3, 0.4) is 0 Å². The van der Waals surface area contributed by atoms with Gasteiger partial charge in [-0.1, -0.05) is 54.2 Å². The first-order chi connectivity index (χ1) is 16.1. The fourth-order valence-corrected chi connectivity index (χ4v) is 4.76. The number of thioether (sulfide) groups is 1. The molecule has 8 heteroatoms. The first kappa shape index (κ1) is 23.1. The lowest BCUT2D eigenvalue weighted by atomic mass is 9.94. The van der Waals surface area contributed by atoms with Gasteiger partial charge in [0.2, 0.25) is 5.91 Å². The molecule has 0 saturated carbocycles. The third kappa shape index (κ3) is 5.29. The van der Waals surface area contributed by atoms with Crippen molar-refractivity contribution in [2.75, 3.05) is 26.1 Å². The van der Waals surface area contributed by atoms with Crippen LogP contribution in [0.2, 0.25) is 0 Å². The van der Waals surface area contributed by atoms with Crippen LogP contribution in [0.15, 0.2) is 70.9 Å². The van der Waals surface area contributed by atoms with Crippen LogP contribution in [0.5, 0.6) is 5.75 Å². The Balaban J connectivity index is 1.61. The molecular formula is C25H26N2O5S. The van der Waals surface area contributed by atoms with Gasteiger partial charge in [-0.25, -0.2) is 9.79 Å². The maximum Gasteiger partial charge on any atom is 0.338 e. The monoisotopic (exact) mass is 466 g/mol. The van der Waals surface area contributed by atoms with Gasteiger partial charge < -0.3 is 14.2 Å². The topological polar surface area (TPSA) is 77.4 Å². The molecule has 7 nitrogen and oxygen atoms in total. The number of esters is 1. The summed E-state index contributed by atoms with van der Waals surface area (Å²) < 4.78 is 16.3. The Labute approximate surface area is 197 Å². The number of methoxy groups -OCH3 is 1. The number of carbonyl (C=O) groups excluding carboxylic acids is 2. The molecule has 2 aromatic rings. The summed E-state index contributed by atoms with van der Waals surface area (Å²) in [6.07, 6.45) is 0.392. The maximum atomic E-state index is 13.0. The van der Waals surface area contributed by atoms with Crippen LogP contribution in [0, 0.1) is 0 Å². The SMILES string of the molecule is COCCOC(=O)C1=C(C)N=C2SCCC(=O)N2[C@@H]1c1ccc(OCc2ccccc2)cc1. The predicted octanol–water partition coefficient (Wildman–Crippen LogP) is 4.11. The number of hydrogen-bond acceptors (Lipinski definition) is 7. The van der Waals surface area contributed by atoms with Gasteiger partial charge in [0.25, 0.3) is 0 Å². The number of allylic oxidation sites excluding steroid dienone is 1. The van der Waals surface area contributed by atoms with Crippen molar-refractivity contribution in [3.63, 3.8) is 0 Å². The normalized spacial score (nSPS) is 18.0. The van der Waals surface area contributed by atoms with Crippen molar-refractivity contribution in [3.8, 4) is 5.75 Å². The average Bonchev–Trinajstić information content (AvgIpc) is 2.83. The number of ether oxygens (including phenoxy) is 3. The van der Waals surface area contributed by atoms with Gasteiger partial charge in [0.15, 0.2) is 5.17 Å². The van der Waals surface area contributed by atoms with Gasteiger partial charge in [0, 0.05) is 19.3 Å². The number of nitrogens with zero attached hydrogens (tertiary/aromatic N) is 2. The molecule has 1 fully saturated rings. The van der Waals surface area contributed by atoms with E-state index in [0.717, 1.165) is 11.1 Å². The molecule has 33 heavy (non-hydrogen) atoms. The third-order valence-corrected chi connectivity index (χ3v) is 6.35. The largest absolute Gasteiger partial charge is 0.489 e. The van der Waals surface area contributed by atoms with Crippen LogP contribution in [-0.2, 0) is 25.7 Å². The number of hydrogen-bond donors (Lipinski definition) is 0. The van der Waals surface area contributed by atoms with Crippen molar-refractivity contribution in [3.05, 3.63) is 77.0 Å². The zero-order valence-corrected chi connectivity index (χ0v) is 19.5. The lowest BCUT2D eigenvalue weighted by molar-refractivity contribution is -0.141. The number of amidine groups is 1. The van der Waals surface area contributed by atoms with Gasteiger partial charge in [-0.3, -0.25) is 9.69 Å². The molecule has 2 heterocycles. The van der Waals surface area contributed by atoms with Crippen molar-refractivity contribution >= 4 is 28.8 Å². The Morgan fingerprint density at radius 1 is 1.12 bits per heavy atom. The maximum absolute atomic E-state index is 13.0. The Morgan fingerprint density at radius 2 is 1.88 bits per heavy atom. The van der Waals surface area contributed by atoms with Gasteiger partial charge in [-0.15, -0.1) is 0 Å². The smallest absolute Gasteiger partial charge is 0.338 e. The molecule has 0 N–H and O–H groups in total. The highest BCUT2D eigenvalue weighted by Crippen LogP contribution is 2.40. The molecule has 1 amide bonds. The van der Waals surface area contributed by atoms with Crippen molar-refractivity contribution in [1.82, 2.24) is 4.90 Å². The van der Waals surface area contributed by atoms with E-state index in [4.69, 9.17) is 14.2 Å². The molecule has 0 spiro atoms. The summed E-state index contributed by atoms with van der Waals surface area (Å²) in [5.41, 5.74) is 2.79. The summed E-state index contributed by atoms with van der Waals surface area (Å²) in [7, 11) is 1.55. The van der Waals surface area contributed by atoms with E-state index >= 15 is 0 Å². The van der Waals surface area contributed by atoms with E-state index in [9.17, 15) is 9.59 Å². The van der Waals surface area contributed by atoms with Crippen LogP contribution in [-0.4, -0.2) is 48.0 Å². The molecule has 2 aliphatic heterocycles. The van der Waals surface area contributed by atoms with Gasteiger partial charge in [-0.2, -0.15) is 0 Å². The number of benzene rings is 2. The van der Waals surface area contributed by atoms with E-state index in [1.165, 1.54) is 11.8 Å². The number of fused-ring (bicyclic) bond motifs is 1. The summed E-state index contributed by atoms with van der Waals surface area (Å²) in [5, 5.41) is 0.617. The number of carbonyl (C=O) groups is 2. The molecule has 0 aliphatic carbocycles. The molecule has 0 radical (unpaired) electrons. The van der Waals surface area contributed by atoms with Crippen molar-refractivity contribution in [1.29, 1.82) is 0 Å². The van der Waals surface area contributed by atoms with Crippen molar-refractivity contribution in [2.45, 2.75) is 26.0 Å². The third-order valence-electron chi connectivity index (χ3n) is 5.39. The van der Waals surface area contributed by atoms with E-state index in [1.54, 1.807) is 18.9 Å². The zero-order valence-electron chi connectivity index (χ0n) is 18.7.